The van der Waals surface area contributed by atoms with Crippen molar-refractivity contribution < 1.29 is 34.8 Å². The summed E-state index contributed by atoms with van der Waals surface area (Å²) in [4.78, 5) is 21.4. The van der Waals surface area contributed by atoms with Gasteiger partial charge in [-0.1, -0.05) is 0 Å². The van der Waals surface area contributed by atoms with E-state index >= 15 is 0 Å². The lowest BCUT2D eigenvalue weighted by molar-refractivity contribution is -0.131. The van der Waals surface area contributed by atoms with Crippen molar-refractivity contribution in [3.8, 4) is 0 Å². The van der Waals surface area contributed by atoms with E-state index in [2.05, 4.69) is 5.32 Å². The molecule has 1 amide bonds. The van der Waals surface area contributed by atoms with E-state index in [1.807, 2.05) is 0 Å². The summed E-state index contributed by atoms with van der Waals surface area (Å²) in [5, 5.41) is 39.2. The van der Waals surface area contributed by atoms with Crippen LogP contribution in [-0.2, 0) is 14.3 Å². The van der Waals surface area contributed by atoms with Gasteiger partial charge in [0.2, 0.25) is 5.91 Å². The number of carbonyl (C=O) groups is 2. The van der Waals surface area contributed by atoms with Crippen molar-refractivity contribution in [1.82, 2.24) is 5.32 Å². The highest BCUT2D eigenvalue weighted by Gasteiger charge is 2.31. The lowest BCUT2D eigenvalue weighted by Gasteiger charge is -2.26. The quantitative estimate of drug-likeness (QED) is 0.218. The van der Waals surface area contributed by atoms with Gasteiger partial charge >= 0.3 is 0 Å². The Morgan fingerprint density at radius 1 is 1.33 bits per heavy atom. The number of hydrogen-bond donors (Lipinski definition) is 5. The van der Waals surface area contributed by atoms with Gasteiger partial charge in [0, 0.05) is 6.92 Å². The Labute approximate surface area is 104 Å². The summed E-state index contributed by atoms with van der Waals surface area (Å²) in [6.45, 7) is 0.567. The molecular formula is C10H19NO7. The summed E-state index contributed by atoms with van der Waals surface area (Å²) < 4.78 is 4.76. The van der Waals surface area contributed by atoms with Crippen molar-refractivity contribution in [2.75, 3.05) is 19.8 Å². The minimum atomic E-state index is -1.66. The van der Waals surface area contributed by atoms with Crippen molar-refractivity contribution in [3.63, 3.8) is 0 Å². The fraction of sp³-hybridized carbons (Fsp3) is 0.800. The molecule has 0 aromatic rings. The van der Waals surface area contributed by atoms with Crippen molar-refractivity contribution in [3.05, 3.63) is 0 Å². The van der Waals surface area contributed by atoms with E-state index in [-0.39, 0.29) is 26.1 Å². The Morgan fingerprint density at radius 3 is 2.39 bits per heavy atom. The van der Waals surface area contributed by atoms with Gasteiger partial charge in [-0.2, -0.15) is 0 Å². The standard InChI is InChI=1S/C10H19NO7/c1-6(14)11-7(4-13)9(16)10(17)8(15)5-18-3-2-12/h4,7-10,12,15-17H,2-3,5H2,1H3,(H,11,14)/t7-,8+,9+,10+/m0/s1. The van der Waals surface area contributed by atoms with Crippen LogP contribution >= 0.6 is 0 Å². The number of rotatable bonds is 9. The largest absolute Gasteiger partial charge is 0.394 e. The second kappa shape index (κ2) is 8.95. The summed E-state index contributed by atoms with van der Waals surface area (Å²) in [5.41, 5.74) is 0. The summed E-state index contributed by atoms with van der Waals surface area (Å²) in [6.07, 6.45) is -4.50. The molecule has 0 radical (unpaired) electrons. The van der Waals surface area contributed by atoms with Crippen LogP contribution in [-0.4, -0.2) is 76.8 Å². The second-order valence-corrected chi connectivity index (χ2v) is 3.71. The number of aliphatic hydroxyl groups is 4. The molecule has 0 aromatic heterocycles. The first-order valence-corrected chi connectivity index (χ1v) is 5.39. The Balaban J connectivity index is 4.31. The fourth-order valence-corrected chi connectivity index (χ4v) is 1.24. The van der Waals surface area contributed by atoms with Crippen LogP contribution in [0, 0.1) is 0 Å². The first kappa shape index (κ1) is 16.9. The molecule has 4 atom stereocenters. The van der Waals surface area contributed by atoms with E-state index in [1.54, 1.807) is 0 Å². The zero-order chi connectivity index (χ0) is 14.1. The maximum atomic E-state index is 10.7. The Morgan fingerprint density at radius 2 is 1.94 bits per heavy atom. The predicted octanol–water partition coefficient (Wildman–Crippen LogP) is -3.22. The average molecular weight is 265 g/mol. The van der Waals surface area contributed by atoms with Crippen LogP contribution in [0.1, 0.15) is 6.92 Å². The van der Waals surface area contributed by atoms with Crippen LogP contribution in [0.3, 0.4) is 0 Å². The molecule has 0 aliphatic carbocycles. The molecule has 0 unspecified atom stereocenters. The lowest BCUT2D eigenvalue weighted by Crippen LogP contribution is -2.53. The zero-order valence-corrected chi connectivity index (χ0v) is 10.0. The van der Waals surface area contributed by atoms with Gasteiger partial charge in [0.1, 0.15) is 30.6 Å². The number of ether oxygens (including phenoxy) is 1. The van der Waals surface area contributed by atoms with Crippen molar-refractivity contribution in [2.45, 2.75) is 31.3 Å². The van der Waals surface area contributed by atoms with Crippen LogP contribution in [0.25, 0.3) is 0 Å². The second-order valence-electron chi connectivity index (χ2n) is 3.71. The molecule has 5 N–H and O–H groups in total. The average Bonchev–Trinajstić information content (AvgIpc) is 2.34. The van der Waals surface area contributed by atoms with Crippen molar-refractivity contribution in [1.29, 1.82) is 0 Å². The van der Waals surface area contributed by atoms with Gasteiger partial charge in [-0.3, -0.25) is 4.79 Å². The number of nitrogens with one attached hydrogen (secondary N) is 1. The monoisotopic (exact) mass is 265 g/mol. The Hall–Kier alpha value is -1.06. The Bertz CT molecular complexity index is 261. The summed E-state index contributed by atoms with van der Waals surface area (Å²) in [6, 6.07) is -1.31. The highest BCUT2D eigenvalue weighted by molar-refractivity contribution is 5.77. The van der Waals surface area contributed by atoms with E-state index in [1.165, 1.54) is 0 Å². The molecule has 0 saturated carbocycles. The summed E-state index contributed by atoms with van der Waals surface area (Å²) in [5.74, 6) is -0.552. The van der Waals surface area contributed by atoms with Crippen molar-refractivity contribution in [2.24, 2.45) is 0 Å². The van der Waals surface area contributed by atoms with Crippen LogP contribution in [0.4, 0.5) is 0 Å². The third-order valence-corrected chi connectivity index (χ3v) is 2.15. The molecular weight excluding hydrogens is 246 g/mol. The molecule has 0 rings (SSSR count). The molecule has 8 nitrogen and oxygen atoms in total. The first-order valence-electron chi connectivity index (χ1n) is 5.39. The molecule has 0 aromatic carbocycles. The maximum Gasteiger partial charge on any atom is 0.217 e. The molecule has 0 spiro atoms. The zero-order valence-electron chi connectivity index (χ0n) is 10.0. The van der Waals surface area contributed by atoms with Gasteiger partial charge in [-0.15, -0.1) is 0 Å². The molecule has 18 heavy (non-hydrogen) atoms. The van der Waals surface area contributed by atoms with E-state index in [0.29, 0.717) is 0 Å². The van der Waals surface area contributed by atoms with Crippen LogP contribution < -0.4 is 5.32 Å². The van der Waals surface area contributed by atoms with Gasteiger partial charge in [-0.25, -0.2) is 0 Å². The molecule has 106 valence electrons. The SMILES string of the molecule is CC(=O)N[C@@H](C=O)[C@@H](O)[C@H](O)[C@H](O)COCCO. The third-order valence-electron chi connectivity index (χ3n) is 2.15. The predicted molar refractivity (Wildman–Crippen MR) is 59.6 cm³/mol. The number of carbonyl (C=O) groups excluding carboxylic acids is 2. The minimum Gasteiger partial charge on any atom is -0.394 e. The highest BCUT2D eigenvalue weighted by atomic mass is 16.5. The number of hydrogen-bond acceptors (Lipinski definition) is 7. The third kappa shape index (κ3) is 6.03. The van der Waals surface area contributed by atoms with E-state index < -0.39 is 30.3 Å². The van der Waals surface area contributed by atoms with Gasteiger partial charge in [0.25, 0.3) is 0 Å². The number of aldehydes is 1. The van der Waals surface area contributed by atoms with Crippen molar-refractivity contribution >= 4 is 12.2 Å². The summed E-state index contributed by atoms with van der Waals surface area (Å²) in [7, 11) is 0. The van der Waals surface area contributed by atoms with Gasteiger partial charge in [-0.05, 0) is 0 Å². The molecule has 0 saturated heterocycles. The summed E-state index contributed by atoms with van der Waals surface area (Å²) >= 11 is 0. The fourth-order valence-electron chi connectivity index (χ4n) is 1.24. The Kier molecular flexibility index (Phi) is 8.42. The molecule has 8 heteroatoms. The van der Waals surface area contributed by atoms with Gasteiger partial charge < -0.3 is 35.3 Å². The normalized spacial score (nSPS) is 17.6. The highest BCUT2D eigenvalue weighted by Crippen LogP contribution is 2.05. The number of aliphatic hydroxyl groups excluding tert-OH is 4. The maximum absolute atomic E-state index is 10.7. The minimum absolute atomic E-state index is 0.0251. The van der Waals surface area contributed by atoms with E-state index in [4.69, 9.17) is 9.84 Å². The van der Waals surface area contributed by atoms with Crippen LogP contribution in [0.15, 0.2) is 0 Å². The van der Waals surface area contributed by atoms with E-state index in [0.717, 1.165) is 6.92 Å². The lowest BCUT2D eigenvalue weighted by atomic mass is 10.0. The smallest absolute Gasteiger partial charge is 0.217 e. The molecule has 0 aliphatic heterocycles. The van der Waals surface area contributed by atoms with Gasteiger partial charge in [0.15, 0.2) is 0 Å². The van der Waals surface area contributed by atoms with E-state index in [9.17, 15) is 24.9 Å². The molecule has 0 aliphatic rings. The van der Waals surface area contributed by atoms with Crippen LogP contribution in [0.5, 0.6) is 0 Å². The van der Waals surface area contributed by atoms with Gasteiger partial charge in [0.05, 0.1) is 19.8 Å². The number of amides is 1. The first-order chi connectivity index (χ1) is 8.43. The molecule has 0 fully saturated rings. The molecule has 0 heterocycles. The topological polar surface area (TPSA) is 136 Å². The molecule has 0 bridgehead atoms. The van der Waals surface area contributed by atoms with Crippen LogP contribution in [0.2, 0.25) is 0 Å².